The molecule has 0 bridgehead atoms. The lowest BCUT2D eigenvalue weighted by Crippen LogP contribution is -2.19. The largest absolute Gasteiger partial charge is 0.505 e. The summed E-state index contributed by atoms with van der Waals surface area (Å²) in [5, 5.41) is 15.5. The topological polar surface area (TPSA) is 85.6 Å². The molecule has 0 spiro atoms. The summed E-state index contributed by atoms with van der Waals surface area (Å²) >= 11 is 0. The smallest absolute Gasteiger partial charge is 0.337 e. The van der Waals surface area contributed by atoms with Crippen molar-refractivity contribution in [3.05, 3.63) is 94.8 Å². The second-order valence-corrected chi connectivity index (χ2v) is 7.50. The van der Waals surface area contributed by atoms with Gasteiger partial charge in [0.25, 0.3) is 5.82 Å². The van der Waals surface area contributed by atoms with E-state index in [9.17, 15) is 9.90 Å². The minimum Gasteiger partial charge on any atom is -0.505 e. The van der Waals surface area contributed by atoms with Gasteiger partial charge in [0, 0.05) is 28.3 Å². The normalized spacial score (nSPS) is 11.8. The Bertz CT molecular complexity index is 1250. The van der Waals surface area contributed by atoms with Crippen molar-refractivity contribution in [1.82, 2.24) is 4.98 Å². The van der Waals surface area contributed by atoms with Crippen LogP contribution in [0, 0.1) is 13.8 Å². The number of carbonyl (C=O) groups is 1. The number of methoxy groups -OCH3 is 1. The summed E-state index contributed by atoms with van der Waals surface area (Å²) in [6.45, 7) is 3.91. The number of benzene rings is 2. The van der Waals surface area contributed by atoms with E-state index in [4.69, 9.17) is 4.74 Å². The molecule has 3 N–H and O–H groups in total. The average Bonchev–Trinajstić information content (AvgIpc) is 2.78. The second-order valence-electron chi connectivity index (χ2n) is 7.50. The lowest BCUT2D eigenvalue weighted by molar-refractivity contribution is -0.361. The number of fused-ring (bicyclic) bond motifs is 1. The number of nitrogens with zero attached hydrogens (tertiary/aromatic N) is 1. The van der Waals surface area contributed by atoms with Crippen LogP contribution < -0.4 is 10.3 Å². The van der Waals surface area contributed by atoms with Crippen LogP contribution >= 0.6 is 0 Å². The Balaban J connectivity index is 1.83. The SMILES string of the molecule is COC(=O)c1ccc([C@H](Nc2cc(C)cc[nH+]2)c2ccc3ccc(C)nc3c2O)cc1. The van der Waals surface area contributed by atoms with Crippen molar-refractivity contribution in [3.8, 4) is 5.75 Å². The number of esters is 1. The number of nitrogens with one attached hydrogen (secondary N) is 2. The molecule has 2 heterocycles. The average molecular weight is 414 g/mol. The number of anilines is 1. The highest BCUT2D eigenvalue weighted by Gasteiger charge is 2.25. The standard InChI is InChI=1S/C25H23N3O3/c1-15-12-13-26-21(14-15)28-22(17-6-8-19(9-7-17)25(30)31-3)20-11-10-18-5-4-16(2)27-23(18)24(20)29/h4-14,22,29H,1-3H3,(H,26,28)/p+1/t22-/m0/s1. The number of rotatable bonds is 5. The van der Waals surface area contributed by atoms with Crippen LogP contribution in [0.25, 0.3) is 10.9 Å². The van der Waals surface area contributed by atoms with E-state index in [2.05, 4.69) is 15.3 Å². The van der Waals surface area contributed by atoms with Gasteiger partial charge in [-0.25, -0.2) is 14.8 Å². The van der Waals surface area contributed by atoms with Crippen LogP contribution in [-0.4, -0.2) is 23.2 Å². The zero-order chi connectivity index (χ0) is 22.0. The summed E-state index contributed by atoms with van der Waals surface area (Å²) in [7, 11) is 1.36. The van der Waals surface area contributed by atoms with Gasteiger partial charge < -0.3 is 9.84 Å². The number of aromatic amines is 1. The molecule has 6 heteroatoms. The monoisotopic (exact) mass is 414 g/mol. The Morgan fingerprint density at radius 1 is 1.06 bits per heavy atom. The molecular weight excluding hydrogens is 390 g/mol. The van der Waals surface area contributed by atoms with E-state index in [1.165, 1.54) is 7.11 Å². The van der Waals surface area contributed by atoms with Crippen LogP contribution in [0.15, 0.2) is 66.9 Å². The number of aryl methyl sites for hydroxylation is 2. The molecule has 0 unspecified atom stereocenters. The number of aromatic nitrogens is 2. The van der Waals surface area contributed by atoms with Crippen LogP contribution in [0.4, 0.5) is 5.82 Å². The Morgan fingerprint density at radius 3 is 2.52 bits per heavy atom. The van der Waals surface area contributed by atoms with Crippen molar-refractivity contribution in [3.63, 3.8) is 0 Å². The zero-order valence-electron chi connectivity index (χ0n) is 17.6. The fraction of sp³-hybridized carbons (Fsp3) is 0.160. The minimum atomic E-state index is -0.392. The molecule has 2 aromatic heterocycles. The van der Waals surface area contributed by atoms with Crippen molar-refractivity contribution in [2.75, 3.05) is 12.4 Å². The summed E-state index contributed by atoms with van der Waals surface area (Å²) in [5.74, 6) is 0.540. The maximum Gasteiger partial charge on any atom is 0.337 e. The Kier molecular flexibility index (Phi) is 5.54. The summed E-state index contributed by atoms with van der Waals surface area (Å²) in [6, 6.07) is 18.5. The number of phenols is 1. The lowest BCUT2D eigenvalue weighted by atomic mass is 9.95. The first-order valence-electron chi connectivity index (χ1n) is 9.98. The predicted octanol–water partition coefficient (Wildman–Crippen LogP) is 4.36. The van der Waals surface area contributed by atoms with E-state index >= 15 is 0 Å². The van der Waals surface area contributed by atoms with Gasteiger partial charge >= 0.3 is 5.97 Å². The summed E-state index contributed by atoms with van der Waals surface area (Å²) in [4.78, 5) is 19.6. The maximum absolute atomic E-state index is 11.8. The van der Waals surface area contributed by atoms with Crippen LogP contribution in [0.1, 0.15) is 38.8 Å². The van der Waals surface area contributed by atoms with Gasteiger partial charge in [-0.3, -0.25) is 5.32 Å². The van der Waals surface area contributed by atoms with E-state index in [1.807, 2.05) is 68.6 Å². The Labute approximate surface area is 180 Å². The highest BCUT2D eigenvalue weighted by molar-refractivity contribution is 5.89. The molecule has 0 amide bonds. The number of pyridine rings is 2. The number of hydrogen-bond donors (Lipinski definition) is 2. The molecule has 4 aromatic rings. The molecule has 31 heavy (non-hydrogen) atoms. The Morgan fingerprint density at radius 2 is 1.81 bits per heavy atom. The highest BCUT2D eigenvalue weighted by Crippen LogP contribution is 2.36. The fourth-order valence-electron chi connectivity index (χ4n) is 3.61. The second kappa shape index (κ2) is 8.44. The van der Waals surface area contributed by atoms with Crippen molar-refractivity contribution in [2.24, 2.45) is 0 Å². The van der Waals surface area contributed by atoms with Crippen LogP contribution in [0.5, 0.6) is 5.75 Å². The van der Waals surface area contributed by atoms with Gasteiger partial charge in [-0.2, -0.15) is 0 Å². The molecule has 0 aliphatic rings. The molecule has 1 atom stereocenters. The van der Waals surface area contributed by atoms with Gasteiger partial charge in [0.2, 0.25) is 0 Å². The quantitative estimate of drug-likeness (QED) is 0.474. The number of H-pyrrole nitrogens is 1. The Hall–Kier alpha value is -3.93. The number of ether oxygens (including phenoxy) is 1. The van der Waals surface area contributed by atoms with Gasteiger partial charge in [-0.15, -0.1) is 0 Å². The first-order chi connectivity index (χ1) is 15.0. The molecule has 0 aliphatic carbocycles. The first kappa shape index (κ1) is 20.3. The zero-order valence-corrected chi connectivity index (χ0v) is 17.6. The van der Waals surface area contributed by atoms with Crippen molar-refractivity contribution < 1.29 is 19.6 Å². The first-order valence-corrected chi connectivity index (χ1v) is 9.98. The molecule has 4 rings (SSSR count). The summed E-state index contributed by atoms with van der Waals surface area (Å²) in [6.07, 6.45) is 1.86. The lowest BCUT2D eigenvalue weighted by Gasteiger charge is -2.18. The maximum atomic E-state index is 11.8. The number of carbonyl (C=O) groups excluding carboxylic acids is 1. The van der Waals surface area contributed by atoms with Crippen molar-refractivity contribution in [2.45, 2.75) is 19.9 Å². The molecular formula is C25H24N3O3+. The molecule has 0 saturated heterocycles. The van der Waals surface area contributed by atoms with E-state index in [0.29, 0.717) is 16.6 Å². The molecule has 0 saturated carbocycles. The van der Waals surface area contributed by atoms with E-state index in [0.717, 1.165) is 28.0 Å². The third-order valence-corrected chi connectivity index (χ3v) is 5.24. The summed E-state index contributed by atoms with van der Waals surface area (Å²) < 4.78 is 4.80. The molecule has 0 radical (unpaired) electrons. The third-order valence-electron chi connectivity index (χ3n) is 5.24. The summed E-state index contributed by atoms with van der Waals surface area (Å²) in [5.41, 5.74) is 4.52. The molecule has 0 fully saturated rings. The van der Waals surface area contributed by atoms with E-state index < -0.39 is 5.97 Å². The predicted molar refractivity (Wildman–Crippen MR) is 119 cm³/mol. The van der Waals surface area contributed by atoms with Gasteiger partial charge in [-0.05, 0) is 49.7 Å². The van der Waals surface area contributed by atoms with Gasteiger partial charge in [0.15, 0.2) is 0 Å². The number of phenolic OH excluding ortho intramolecular Hbond substituents is 1. The third kappa shape index (κ3) is 4.19. The van der Waals surface area contributed by atoms with E-state index in [1.54, 1.807) is 12.1 Å². The molecule has 6 nitrogen and oxygen atoms in total. The van der Waals surface area contributed by atoms with Gasteiger partial charge in [0.1, 0.15) is 17.3 Å². The minimum absolute atomic E-state index is 0.128. The molecule has 0 aliphatic heterocycles. The van der Waals surface area contributed by atoms with Crippen LogP contribution in [-0.2, 0) is 4.74 Å². The molecule has 156 valence electrons. The number of aromatic hydroxyl groups is 1. The highest BCUT2D eigenvalue weighted by atomic mass is 16.5. The van der Waals surface area contributed by atoms with E-state index in [-0.39, 0.29) is 11.8 Å². The van der Waals surface area contributed by atoms with Gasteiger partial charge in [-0.1, -0.05) is 24.3 Å². The van der Waals surface area contributed by atoms with Crippen LogP contribution in [0.3, 0.4) is 0 Å². The molecule has 2 aromatic carbocycles. The van der Waals surface area contributed by atoms with Crippen molar-refractivity contribution in [1.29, 1.82) is 0 Å². The van der Waals surface area contributed by atoms with Crippen LogP contribution in [0.2, 0.25) is 0 Å². The van der Waals surface area contributed by atoms with Crippen molar-refractivity contribution >= 4 is 22.7 Å². The number of hydrogen-bond acceptors (Lipinski definition) is 5. The fourth-order valence-corrected chi connectivity index (χ4v) is 3.61. The van der Waals surface area contributed by atoms with Gasteiger partial charge in [0.05, 0.1) is 18.9 Å².